The first-order valence-corrected chi connectivity index (χ1v) is 12.6. The molecule has 2 fully saturated rings. The third kappa shape index (κ3) is 5.31. The van der Waals surface area contributed by atoms with Gasteiger partial charge in [0.1, 0.15) is 53.4 Å². The number of fused-ring (bicyclic) bond motifs is 1. The maximum absolute atomic E-state index is 12.8. The lowest BCUT2D eigenvalue weighted by Crippen LogP contribution is -2.63. The molecule has 1 unspecified atom stereocenters. The second kappa shape index (κ2) is 11.5. The SMILES string of the molecule is O=c1cc(-c2ccc(O)c(O)c2)oc2cc(OC3OC[C@@H](O)[C@H](O)[C@H]3O[C@@H]3O[C@H](CO)[C@@H](O)[C@H](O)[C@H]3O)c(O)c(O)c12. The fourth-order valence-corrected chi connectivity index (χ4v) is 4.65. The molecule has 3 heterocycles. The molecule has 16 nitrogen and oxygen atoms in total. The molecular weight excluding hydrogens is 568 g/mol. The summed E-state index contributed by atoms with van der Waals surface area (Å²) in [5.74, 6) is -3.39. The van der Waals surface area contributed by atoms with Crippen LogP contribution in [0.15, 0.2) is 39.5 Å². The van der Waals surface area contributed by atoms with E-state index < -0.39 is 108 Å². The Morgan fingerprint density at radius 3 is 2.26 bits per heavy atom. The summed E-state index contributed by atoms with van der Waals surface area (Å²) in [4.78, 5) is 12.8. The topological polar surface area (TPSA) is 269 Å². The molecule has 0 spiro atoms. The molecule has 228 valence electrons. The van der Waals surface area contributed by atoms with E-state index >= 15 is 0 Å². The van der Waals surface area contributed by atoms with E-state index in [2.05, 4.69) is 0 Å². The van der Waals surface area contributed by atoms with Crippen LogP contribution in [0.4, 0.5) is 0 Å². The van der Waals surface area contributed by atoms with Crippen LogP contribution in [-0.4, -0.2) is 120 Å². The Balaban J connectivity index is 1.48. The second-order valence-corrected chi connectivity index (χ2v) is 9.80. The van der Waals surface area contributed by atoms with Gasteiger partial charge in [-0.05, 0) is 18.2 Å². The molecule has 42 heavy (non-hydrogen) atoms. The summed E-state index contributed by atoms with van der Waals surface area (Å²) in [5.41, 5.74) is -0.896. The number of phenolic OH excluding ortho intramolecular Hbond substituents is 4. The van der Waals surface area contributed by atoms with Gasteiger partial charge < -0.3 is 74.4 Å². The van der Waals surface area contributed by atoms with Gasteiger partial charge in [-0.25, -0.2) is 0 Å². The average molecular weight is 596 g/mol. The fourth-order valence-electron chi connectivity index (χ4n) is 4.65. The minimum absolute atomic E-state index is 0.0878. The number of benzene rings is 2. The minimum atomic E-state index is -1.88. The zero-order valence-electron chi connectivity index (χ0n) is 21.4. The number of aromatic hydroxyl groups is 4. The maximum Gasteiger partial charge on any atom is 0.229 e. The number of aliphatic hydroxyl groups is 6. The van der Waals surface area contributed by atoms with Crippen molar-refractivity contribution in [1.82, 2.24) is 0 Å². The van der Waals surface area contributed by atoms with Crippen molar-refractivity contribution in [3.8, 4) is 40.1 Å². The highest BCUT2D eigenvalue weighted by Gasteiger charge is 2.49. The van der Waals surface area contributed by atoms with Crippen LogP contribution in [-0.2, 0) is 14.2 Å². The summed E-state index contributed by atoms with van der Waals surface area (Å²) >= 11 is 0. The lowest BCUT2D eigenvalue weighted by molar-refractivity contribution is -0.348. The summed E-state index contributed by atoms with van der Waals surface area (Å²) in [6.07, 6.45) is -15.2. The molecule has 0 amide bonds. The molecule has 2 aliphatic heterocycles. The molecule has 10 N–H and O–H groups in total. The van der Waals surface area contributed by atoms with Crippen LogP contribution in [0.3, 0.4) is 0 Å². The molecule has 5 rings (SSSR count). The van der Waals surface area contributed by atoms with Crippen molar-refractivity contribution >= 4 is 11.0 Å². The third-order valence-electron chi connectivity index (χ3n) is 7.00. The zero-order chi connectivity index (χ0) is 30.5. The van der Waals surface area contributed by atoms with E-state index in [-0.39, 0.29) is 16.9 Å². The van der Waals surface area contributed by atoms with Gasteiger partial charge in [-0.15, -0.1) is 0 Å². The highest BCUT2D eigenvalue weighted by Crippen LogP contribution is 2.43. The molecule has 2 aromatic carbocycles. The van der Waals surface area contributed by atoms with E-state index in [0.29, 0.717) is 0 Å². The number of aliphatic hydroxyl groups excluding tert-OH is 6. The van der Waals surface area contributed by atoms with E-state index in [0.717, 1.165) is 24.3 Å². The first-order valence-electron chi connectivity index (χ1n) is 12.6. The minimum Gasteiger partial charge on any atom is -0.504 e. The standard InChI is InChI=1S/C26H28O16/c27-6-16-20(34)22(36)23(37)25(41-16)42-24-18(32)12(31)7-38-26(24)40-15-5-14-17(21(35)19(15)33)11(30)4-13(39-14)8-1-2-9(28)10(29)3-8/h1-5,12,16,18,20,22-29,31-37H,6-7H2/t12-,16-,18+,20-,22+,23-,24-,25+,26?/m1/s1. The van der Waals surface area contributed by atoms with E-state index in [1.807, 2.05) is 0 Å². The summed E-state index contributed by atoms with van der Waals surface area (Å²) in [5, 5.41) is 101. The molecule has 1 aromatic heterocycles. The Labute approximate surface area is 235 Å². The molecule has 0 bridgehead atoms. The Kier molecular flexibility index (Phi) is 8.17. The van der Waals surface area contributed by atoms with Crippen LogP contribution in [0.2, 0.25) is 0 Å². The van der Waals surface area contributed by atoms with Crippen molar-refractivity contribution in [3.63, 3.8) is 0 Å². The highest BCUT2D eigenvalue weighted by atomic mass is 16.8. The number of ether oxygens (including phenoxy) is 4. The first-order chi connectivity index (χ1) is 19.9. The molecule has 2 saturated heterocycles. The molecule has 0 radical (unpaired) electrons. The predicted molar refractivity (Wildman–Crippen MR) is 136 cm³/mol. The van der Waals surface area contributed by atoms with Gasteiger partial charge >= 0.3 is 0 Å². The molecular formula is C26H28O16. The van der Waals surface area contributed by atoms with Crippen molar-refractivity contribution in [2.45, 2.75) is 55.3 Å². The summed E-state index contributed by atoms with van der Waals surface area (Å²) in [7, 11) is 0. The van der Waals surface area contributed by atoms with Crippen molar-refractivity contribution in [1.29, 1.82) is 0 Å². The quantitative estimate of drug-likeness (QED) is 0.137. The zero-order valence-corrected chi connectivity index (χ0v) is 21.4. The molecule has 2 aliphatic rings. The lowest BCUT2D eigenvalue weighted by Gasteiger charge is -2.44. The smallest absolute Gasteiger partial charge is 0.229 e. The van der Waals surface area contributed by atoms with Crippen molar-refractivity contribution in [3.05, 3.63) is 40.6 Å². The highest BCUT2D eigenvalue weighted by molar-refractivity contribution is 5.89. The summed E-state index contributed by atoms with van der Waals surface area (Å²) < 4.78 is 27.6. The van der Waals surface area contributed by atoms with E-state index in [4.69, 9.17) is 23.4 Å². The van der Waals surface area contributed by atoms with Gasteiger partial charge in [-0.2, -0.15) is 0 Å². The van der Waals surface area contributed by atoms with Gasteiger partial charge in [-0.1, -0.05) is 0 Å². The van der Waals surface area contributed by atoms with Crippen molar-refractivity contribution in [2.75, 3.05) is 13.2 Å². The number of hydrogen-bond acceptors (Lipinski definition) is 16. The summed E-state index contributed by atoms with van der Waals surface area (Å²) in [6, 6.07) is 5.63. The molecule has 9 atom stereocenters. The number of hydrogen-bond donors (Lipinski definition) is 10. The lowest BCUT2D eigenvalue weighted by atomic mass is 9.99. The Hall–Kier alpha value is -3.71. The van der Waals surface area contributed by atoms with E-state index in [9.17, 15) is 55.9 Å². The Morgan fingerprint density at radius 2 is 1.57 bits per heavy atom. The molecule has 3 aromatic rings. The predicted octanol–water partition coefficient (Wildman–Crippen LogP) is -2.08. The average Bonchev–Trinajstić information content (AvgIpc) is 2.96. The molecule has 0 aliphatic carbocycles. The molecule has 0 saturated carbocycles. The summed E-state index contributed by atoms with van der Waals surface area (Å²) in [6.45, 7) is -1.26. The maximum atomic E-state index is 12.8. The number of phenols is 4. The Bertz CT molecular complexity index is 1500. The Morgan fingerprint density at radius 1 is 0.833 bits per heavy atom. The fraction of sp³-hybridized carbons (Fsp3) is 0.423. The largest absolute Gasteiger partial charge is 0.504 e. The van der Waals surface area contributed by atoms with Crippen LogP contribution in [0.5, 0.6) is 28.7 Å². The van der Waals surface area contributed by atoms with Crippen LogP contribution in [0.1, 0.15) is 0 Å². The third-order valence-corrected chi connectivity index (χ3v) is 7.00. The van der Waals surface area contributed by atoms with Crippen molar-refractivity contribution in [2.24, 2.45) is 0 Å². The van der Waals surface area contributed by atoms with Gasteiger partial charge in [0.05, 0.1) is 13.2 Å². The van der Waals surface area contributed by atoms with Crippen LogP contribution >= 0.6 is 0 Å². The first kappa shape index (κ1) is 29.8. The van der Waals surface area contributed by atoms with Gasteiger partial charge in [0, 0.05) is 17.7 Å². The van der Waals surface area contributed by atoms with Crippen molar-refractivity contribution < 1.29 is 74.4 Å². The molecule has 16 heteroatoms. The van der Waals surface area contributed by atoms with E-state index in [1.54, 1.807) is 0 Å². The normalized spacial score (nSPS) is 31.7. The number of rotatable bonds is 6. The van der Waals surface area contributed by atoms with Gasteiger partial charge in [0.2, 0.25) is 12.0 Å². The monoisotopic (exact) mass is 596 g/mol. The van der Waals surface area contributed by atoms with E-state index in [1.165, 1.54) is 6.07 Å². The second-order valence-electron chi connectivity index (χ2n) is 9.80. The van der Waals surface area contributed by atoms with Gasteiger partial charge in [0.15, 0.2) is 40.8 Å². The van der Waals surface area contributed by atoms with Crippen LogP contribution in [0, 0.1) is 0 Å². The van der Waals surface area contributed by atoms with Gasteiger partial charge in [0.25, 0.3) is 0 Å². The van der Waals surface area contributed by atoms with Crippen LogP contribution in [0.25, 0.3) is 22.3 Å². The van der Waals surface area contributed by atoms with Crippen LogP contribution < -0.4 is 10.2 Å². The van der Waals surface area contributed by atoms with Gasteiger partial charge in [-0.3, -0.25) is 4.79 Å².